The maximum atomic E-state index is 12.5. The summed E-state index contributed by atoms with van der Waals surface area (Å²) >= 11 is 0. The summed E-state index contributed by atoms with van der Waals surface area (Å²) < 4.78 is 0. The SMILES string of the molecule is C=C(O)CCC(C)C(=O)N(c1ccccc1)C(C)C. The number of para-hydroxylation sites is 1. The second-order valence-corrected chi connectivity index (χ2v) is 5.14. The smallest absolute Gasteiger partial charge is 0.230 e. The molecule has 19 heavy (non-hydrogen) atoms. The topological polar surface area (TPSA) is 40.5 Å². The van der Waals surface area contributed by atoms with E-state index in [-0.39, 0.29) is 23.6 Å². The van der Waals surface area contributed by atoms with Gasteiger partial charge in [-0.15, -0.1) is 0 Å². The van der Waals surface area contributed by atoms with Crippen LogP contribution in [0.4, 0.5) is 5.69 Å². The van der Waals surface area contributed by atoms with Gasteiger partial charge in [-0.1, -0.05) is 31.7 Å². The Hall–Kier alpha value is -1.77. The lowest BCUT2D eigenvalue weighted by atomic mass is 10.0. The Bertz CT molecular complexity index is 426. The third kappa shape index (κ3) is 4.43. The number of amides is 1. The number of carbonyl (C=O) groups is 1. The molecule has 3 heteroatoms. The van der Waals surface area contributed by atoms with Crippen molar-refractivity contribution >= 4 is 11.6 Å². The molecule has 0 fully saturated rings. The van der Waals surface area contributed by atoms with E-state index in [1.54, 1.807) is 0 Å². The van der Waals surface area contributed by atoms with Gasteiger partial charge in [0, 0.05) is 24.1 Å². The number of hydrogen-bond donors (Lipinski definition) is 1. The normalized spacial score (nSPS) is 12.2. The first-order chi connectivity index (χ1) is 8.93. The summed E-state index contributed by atoms with van der Waals surface area (Å²) in [7, 11) is 0. The van der Waals surface area contributed by atoms with Crippen molar-refractivity contribution in [2.45, 2.75) is 39.7 Å². The number of anilines is 1. The van der Waals surface area contributed by atoms with Crippen molar-refractivity contribution in [1.82, 2.24) is 0 Å². The first-order valence-corrected chi connectivity index (χ1v) is 6.68. The minimum Gasteiger partial charge on any atom is -0.513 e. The molecule has 1 aromatic carbocycles. The Kier molecular flexibility index (Phi) is 5.61. The third-order valence-corrected chi connectivity index (χ3v) is 3.08. The molecule has 1 atom stereocenters. The molecule has 1 rings (SSSR count). The van der Waals surface area contributed by atoms with Gasteiger partial charge in [-0.05, 0) is 32.4 Å². The van der Waals surface area contributed by atoms with Crippen LogP contribution in [0.5, 0.6) is 0 Å². The number of carbonyl (C=O) groups excluding carboxylic acids is 1. The Balaban J connectivity index is 2.82. The monoisotopic (exact) mass is 261 g/mol. The third-order valence-electron chi connectivity index (χ3n) is 3.08. The second-order valence-electron chi connectivity index (χ2n) is 5.14. The van der Waals surface area contributed by atoms with Crippen molar-refractivity contribution in [3.05, 3.63) is 42.7 Å². The zero-order valence-corrected chi connectivity index (χ0v) is 12.0. The van der Waals surface area contributed by atoms with E-state index in [0.717, 1.165) is 5.69 Å². The fraction of sp³-hybridized carbons (Fsp3) is 0.438. The number of benzene rings is 1. The van der Waals surface area contributed by atoms with Crippen LogP contribution in [-0.2, 0) is 4.79 Å². The quantitative estimate of drug-likeness (QED) is 0.788. The average molecular weight is 261 g/mol. The van der Waals surface area contributed by atoms with E-state index in [1.165, 1.54) is 0 Å². The van der Waals surface area contributed by atoms with Gasteiger partial charge in [0.1, 0.15) is 0 Å². The first-order valence-electron chi connectivity index (χ1n) is 6.68. The zero-order valence-electron chi connectivity index (χ0n) is 12.0. The molecular weight excluding hydrogens is 238 g/mol. The molecule has 0 aliphatic heterocycles. The highest BCUT2D eigenvalue weighted by Crippen LogP contribution is 2.21. The standard InChI is InChI=1S/C16H23NO2/c1-12(2)17(15-8-6-5-7-9-15)16(19)13(3)10-11-14(4)18/h5-9,12-13,18H,4,10-11H2,1-3H3. The summed E-state index contributed by atoms with van der Waals surface area (Å²) in [5, 5.41) is 9.13. The molecular formula is C16H23NO2. The van der Waals surface area contributed by atoms with Gasteiger partial charge in [0.2, 0.25) is 5.91 Å². The summed E-state index contributed by atoms with van der Waals surface area (Å²) in [6.07, 6.45) is 1.08. The summed E-state index contributed by atoms with van der Waals surface area (Å²) in [5.41, 5.74) is 0.914. The van der Waals surface area contributed by atoms with Crippen molar-refractivity contribution in [3.8, 4) is 0 Å². The van der Waals surface area contributed by atoms with Crippen LogP contribution in [0.25, 0.3) is 0 Å². The van der Waals surface area contributed by atoms with E-state index in [9.17, 15) is 4.79 Å². The molecule has 1 N–H and O–H groups in total. The molecule has 1 aromatic rings. The van der Waals surface area contributed by atoms with Crippen LogP contribution in [-0.4, -0.2) is 17.1 Å². The molecule has 0 spiro atoms. The molecule has 104 valence electrons. The Morgan fingerprint density at radius 3 is 2.32 bits per heavy atom. The van der Waals surface area contributed by atoms with Crippen LogP contribution in [0.3, 0.4) is 0 Å². The van der Waals surface area contributed by atoms with Gasteiger partial charge >= 0.3 is 0 Å². The van der Waals surface area contributed by atoms with Crippen molar-refractivity contribution in [2.24, 2.45) is 5.92 Å². The Morgan fingerprint density at radius 2 is 1.84 bits per heavy atom. The highest BCUT2D eigenvalue weighted by molar-refractivity contribution is 5.95. The van der Waals surface area contributed by atoms with E-state index < -0.39 is 0 Å². The van der Waals surface area contributed by atoms with E-state index in [0.29, 0.717) is 12.8 Å². The molecule has 1 unspecified atom stereocenters. The maximum absolute atomic E-state index is 12.5. The molecule has 0 saturated heterocycles. The van der Waals surface area contributed by atoms with Gasteiger partial charge in [-0.3, -0.25) is 4.79 Å². The molecule has 0 heterocycles. The molecule has 0 radical (unpaired) electrons. The fourth-order valence-corrected chi connectivity index (χ4v) is 2.01. The fourth-order valence-electron chi connectivity index (χ4n) is 2.01. The molecule has 1 amide bonds. The highest BCUT2D eigenvalue weighted by atomic mass is 16.3. The molecule has 0 aromatic heterocycles. The molecule has 0 aliphatic rings. The lowest BCUT2D eigenvalue weighted by molar-refractivity contribution is -0.122. The summed E-state index contributed by atoms with van der Waals surface area (Å²) in [5.74, 6) is 0.0874. The van der Waals surface area contributed by atoms with E-state index in [2.05, 4.69) is 6.58 Å². The lowest BCUT2D eigenvalue weighted by Gasteiger charge is -2.29. The van der Waals surface area contributed by atoms with E-state index >= 15 is 0 Å². The number of rotatable bonds is 6. The summed E-state index contributed by atoms with van der Waals surface area (Å²) in [6.45, 7) is 9.35. The van der Waals surface area contributed by atoms with Gasteiger partial charge < -0.3 is 10.0 Å². The molecule has 0 aliphatic carbocycles. The maximum Gasteiger partial charge on any atom is 0.230 e. The van der Waals surface area contributed by atoms with Crippen molar-refractivity contribution < 1.29 is 9.90 Å². The van der Waals surface area contributed by atoms with E-state index in [1.807, 2.05) is 56.0 Å². The highest BCUT2D eigenvalue weighted by Gasteiger charge is 2.23. The predicted molar refractivity (Wildman–Crippen MR) is 79.2 cm³/mol. The lowest BCUT2D eigenvalue weighted by Crippen LogP contribution is -2.40. The van der Waals surface area contributed by atoms with Gasteiger partial charge in [-0.2, -0.15) is 0 Å². The summed E-state index contributed by atoms with van der Waals surface area (Å²) in [6, 6.07) is 9.78. The van der Waals surface area contributed by atoms with Crippen molar-refractivity contribution in [2.75, 3.05) is 4.90 Å². The van der Waals surface area contributed by atoms with Crippen LogP contribution in [0.1, 0.15) is 33.6 Å². The molecule has 0 bridgehead atoms. The minimum absolute atomic E-state index is 0.0856. The van der Waals surface area contributed by atoms with Gasteiger partial charge in [0.15, 0.2) is 0 Å². The number of hydrogen-bond acceptors (Lipinski definition) is 2. The van der Waals surface area contributed by atoms with E-state index in [4.69, 9.17) is 5.11 Å². The Morgan fingerprint density at radius 1 is 1.26 bits per heavy atom. The first kappa shape index (κ1) is 15.3. The van der Waals surface area contributed by atoms with Gasteiger partial charge in [-0.25, -0.2) is 0 Å². The number of nitrogens with zero attached hydrogens (tertiary/aromatic N) is 1. The van der Waals surface area contributed by atoms with Crippen LogP contribution >= 0.6 is 0 Å². The minimum atomic E-state index is -0.133. The van der Waals surface area contributed by atoms with Crippen molar-refractivity contribution in [1.29, 1.82) is 0 Å². The van der Waals surface area contributed by atoms with Gasteiger partial charge in [0.25, 0.3) is 0 Å². The largest absolute Gasteiger partial charge is 0.513 e. The second kappa shape index (κ2) is 6.98. The van der Waals surface area contributed by atoms with Gasteiger partial charge in [0.05, 0.1) is 5.76 Å². The van der Waals surface area contributed by atoms with Crippen LogP contribution in [0.15, 0.2) is 42.7 Å². The summed E-state index contributed by atoms with van der Waals surface area (Å²) in [4.78, 5) is 14.3. The molecule has 3 nitrogen and oxygen atoms in total. The average Bonchev–Trinajstić information content (AvgIpc) is 2.36. The number of allylic oxidation sites excluding steroid dienone is 1. The number of aliphatic hydroxyl groups is 1. The predicted octanol–water partition coefficient (Wildman–Crippen LogP) is 3.92. The van der Waals surface area contributed by atoms with Crippen LogP contribution < -0.4 is 4.90 Å². The Labute approximate surface area is 115 Å². The molecule has 0 saturated carbocycles. The van der Waals surface area contributed by atoms with Crippen LogP contribution in [0.2, 0.25) is 0 Å². The number of aliphatic hydroxyl groups excluding tert-OH is 1. The van der Waals surface area contributed by atoms with Crippen LogP contribution in [0, 0.1) is 5.92 Å². The van der Waals surface area contributed by atoms with Crippen molar-refractivity contribution in [3.63, 3.8) is 0 Å². The zero-order chi connectivity index (χ0) is 14.4.